The number of Topliss-reactive ketones (excluding diaryl/α,β-unsaturated/α-hetero) is 1. The first-order valence-electron chi connectivity index (χ1n) is 15.8. The minimum atomic E-state index is -3.62. The summed E-state index contributed by atoms with van der Waals surface area (Å²) in [4.78, 5) is 14.5. The number of ether oxygens (including phenoxy) is 1. The van der Waals surface area contributed by atoms with Crippen LogP contribution in [0.15, 0.2) is 42.0 Å². The monoisotopic (exact) mass is 633 g/mol. The lowest BCUT2D eigenvalue weighted by Gasteiger charge is -2.71. The third-order valence-corrected chi connectivity index (χ3v) is 14.1. The van der Waals surface area contributed by atoms with Gasteiger partial charge in [0, 0.05) is 54.2 Å². The topological polar surface area (TPSA) is 104 Å². The van der Waals surface area contributed by atoms with Crippen molar-refractivity contribution >= 4 is 15.8 Å². The number of aliphatic hydroxyl groups excluding tert-OH is 1. The van der Waals surface area contributed by atoms with Crippen molar-refractivity contribution in [2.75, 3.05) is 33.1 Å². The summed E-state index contributed by atoms with van der Waals surface area (Å²) in [6.07, 6.45) is 11.7. The highest BCUT2D eigenvalue weighted by atomic mass is 32.2. The maximum atomic E-state index is 14.5. The van der Waals surface area contributed by atoms with Crippen molar-refractivity contribution in [2.24, 2.45) is 33.5 Å². The minimum absolute atomic E-state index is 0.0230. The van der Waals surface area contributed by atoms with E-state index in [1.54, 1.807) is 7.11 Å². The van der Waals surface area contributed by atoms with Gasteiger partial charge in [0.05, 0.1) is 18.0 Å². The number of halogens is 2. The smallest absolute Gasteiger partial charge is 0.211 e. The van der Waals surface area contributed by atoms with Crippen LogP contribution in [-0.4, -0.2) is 73.5 Å². The Morgan fingerprint density at radius 2 is 1.73 bits per heavy atom. The lowest BCUT2D eigenvalue weighted by molar-refractivity contribution is -0.173. The van der Waals surface area contributed by atoms with Gasteiger partial charge in [0.2, 0.25) is 10.0 Å². The van der Waals surface area contributed by atoms with Gasteiger partial charge in [-0.1, -0.05) is 32.1 Å². The van der Waals surface area contributed by atoms with Gasteiger partial charge in [-0.2, -0.15) is 4.31 Å². The van der Waals surface area contributed by atoms with Crippen LogP contribution in [0.5, 0.6) is 0 Å². The number of carbonyl (C=O) groups excluding carboxylic acids is 1. The van der Waals surface area contributed by atoms with Crippen molar-refractivity contribution < 1.29 is 36.9 Å². The van der Waals surface area contributed by atoms with E-state index in [1.807, 2.05) is 13.0 Å². The minimum Gasteiger partial charge on any atom is -0.393 e. The molecule has 1 aromatic carbocycles. The van der Waals surface area contributed by atoms with Crippen molar-refractivity contribution in [3.05, 3.63) is 59.2 Å². The zero-order chi connectivity index (χ0) is 31.9. The summed E-state index contributed by atoms with van der Waals surface area (Å²) in [5.74, 6) is -2.65. The molecule has 6 aliphatic carbocycles. The molecule has 3 fully saturated rings. The van der Waals surface area contributed by atoms with Crippen LogP contribution in [0.1, 0.15) is 75.6 Å². The van der Waals surface area contributed by atoms with Gasteiger partial charge in [-0.3, -0.25) is 4.79 Å². The lowest BCUT2D eigenvalue weighted by atomic mass is 9.32. The number of sulfonamides is 1. The number of allylic oxidation sites excluding steroid dienone is 4. The maximum Gasteiger partial charge on any atom is 0.211 e. The van der Waals surface area contributed by atoms with E-state index < -0.39 is 49.6 Å². The van der Waals surface area contributed by atoms with E-state index >= 15 is 0 Å². The Bertz CT molecular complexity index is 1530. The molecular weight excluding hydrogens is 588 g/mol. The van der Waals surface area contributed by atoms with E-state index in [1.165, 1.54) is 10.4 Å². The van der Waals surface area contributed by atoms with Gasteiger partial charge >= 0.3 is 0 Å². The molecule has 8 atom stereocenters. The predicted molar refractivity (Wildman–Crippen MR) is 162 cm³/mol. The SMILES string of the molecule is COCCCN(CC1(O)CCC2C34C=CC5(C=C3C(=O)c3ccc(F)c(F)c3)CC(O)CCC5(C)C4CCC21C)S(C)(=O)=O. The predicted octanol–water partition coefficient (Wildman–Crippen LogP) is 5.04. The number of rotatable bonds is 9. The summed E-state index contributed by atoms with van der Waals surface area (Å²) in [6, 6.07) is 3.26. The van der Waals surface area contributed by atoms with E-state index in [4.69, 9.17) is 4.74 Å². The highest BCUT2D eigenvalue weighted by Gasteiger charge is 2.74. The number of methoxy groups -OCH3 is 1. The Morgan fingerprint density at radius 3 is 2.41 bits per heavy atom. The molecule has 10 heteroatoms. The number of ketones is 1. The number of carbonyl (C=O) groups is 1. The van der Waals surface area contributed by atoms with E-state index in [0.717, 1.165) is 24.8 Å². The van der Waals surface area contributed by atoms with Crippen LogP contribution >= 0.6 is 0 Å². The average molecular weight is 634 g/mol. The summed E-state index contributed by atoms with van der Waals surface area (Å²) in [5.41, 5.74) is -3.06. The summed E-state index contributed by atoms with van der Waals surface area (Å²) < 4.78 is 60.6. The van der Waals surface area contributed by atoms with Crippen LogP contribution < -0.4 is 0 Å². The average Bonchev–Trinajstić information content (AvgIpc) is 3.23. The van der Waals surface area contributed by atoms with Gasteiger partial charge in [0.15, 0.2) is 17.4 Å². The van der Waals surface area contributed by atoms with E-state index in [-0.39, 0.29) is 41.7 Å². The molecule has 0 aromatic heterocycles. The number of fused-ring (bicyclic) bond motifs is 1. The van der Waals surface area contributed by atoms with Crippen LogP contribution in [0.2, 0.25) is 0 Å². The first kappa shape index (κ1) is 32.0. The summed E-state index contributed by atoms with van der Waals surface area (Å²) in [7, 11) is -2.06. The summed E-state index contributed by atoms with van der Waals surface area (Å²) in [5, 5.41) is 23.3. The van der Waals surface area contributed by atoms with Crippen molar-refractivity contribution in [3.8, 4) is 0 Å². The quantitative estimate of drug-likeness (QED) is 0.225. The van der Waals surface area contributed by atoms with E-state index in [9.17, 15) is 32.2 Å². The van der Waals surface area contributed by atoms with Gasteiger partial charge < -0.3 is 14.9 Å². The van der Waals surface area contributed by atoms with E-state index in [2.05, 4.69) is 19.1 Å². The highest BCUT2D eigenvalue weighted by Crippen LogP contribution is 2.78. The molecule has 0 radical (unpaired) electrons. The lowest BCUT2D eigenvalue weighted by Crippen LogP contribution is -2.67. The molecule has 0 amide bonds. The number of nitrogens with zero attached hydrogens (tertiary/aromatic N) is 1. The fourth-order valence-corrected chi connectivity index (χ4v) is 11.3. The number of benzene rings is 1. The molecule has 2 N–H and O–H groups in total. The van der Waals surface area contributed by atoms with Gasteiger partial charge in [-0.25, -0.2) is 17.2 Å². The fourth-order valence-electron chi connectivity index (χ4n) is 10.4. The van der Waals surface area contributed by atoms with E-state index in [0.29, 0.717) is 57.1 Å². The molecule has 0 saturated heterocycles. The molecule has 8 unspecified atom stereocenters. The normalized spacial score (nSPS) is 40.8. The van der Waals surface area contributed by atoms with Crippen LogP contribution in [0, 0.1) is 45.1 Å². The zero-order valence-corrected chi connectivity index (χ0v) is 26.9. The van der Waals surface area contributed by atoms with Crippen molar-refractivity contribution in [1.29, 1.82) is 0 Å². The number of hydrogen-bond acceptors (Lipinski definition) is 6. The number of aliphatic hydroxyl groups is 2. The molecule has 0 heterocycles. The third kappa shape index (κ3) is 4.37. The fraction of sp³-hybridized carbons (Fsp3) is 0.676. The zero-order valence-electron chi connectivity index (χ0n) is 26.1. The van der Waals surface area contributed by atoms with Gasteiger partial charge in [-0.15, -0.1) is 0 Å². The Balaban J connectivity index is 1.47. The van der Waals surface area contributed by atoms with Crippen molar-refractivity contribution in [1.82, 2.24) is 4.31 Å². The highest BCUT2D eigenvalue weighted by molar-refractivity contribution is 7.88. The standard InChI is InChI=1S/C34H45F2NO6S/c1-30-11-8-23(38)19-32(30)14-15-34(24(20-32)29(39)22-6-7-25(35)26(36)18-22)27(30)9-12-31(2)28(34)10-13-33(31,40)21-37(44(4,41)42)16-5-17-43-3/h6-7,14-15,18,20,23,27-28,38,40H,5,8-13,16-17,19,21H2,1-4H3. The largest absolute Gasteiger partial charge is 0.393 e. The molecule has 44 heavy (non-hydrogen) atoms. The van der Waals surface area contributed by atoms with Crippen molar-refractivity contribution in [3.63, 3.8) is 0 Å². The Kier molecular flexibility index (Phi) is 7.65. The van der Waals surface area contributed by atoms with Crippen molar-refractivity contribution in [2.45, 2.75) is 76.9 Å². The van der Waals surface area contributed by atoms with Crippen LogP contribution in [-0.2, 0) is 14.8 Å². The molecule has 3 saturated carbocycles. The Labute approximate surface area is 259 Å². The number of hydrogen-bond donors (Lipinski definition) is 2. The molecule has 2 bridgehead atoms. The van der Waals surface area contributed by atoms with Crippen LogP contribution in [0.3, 0.4) is 0 Å². The molecular formula is C34H45F2NO6S. The second-order valence-corrected chi connectivity index (χ2v) is 16.7. The third-order valence-electron chi connectivity index (χ3n) is 12.8. The second kappa shape index (κ2) is 10.5. The molecule has 1 aromatic rings. The molecule has 7 rings (SSSR count). The molecule has 2 spiro atoms. The maximum absolute atomic E-state index is 14.5. The molecule has 7 nitrogen and oxygen atoms in total. The molecule has 242 valence electrons. The molecule has 0 aliphatic heterocycles. The Hall–Kier alpha value is -1.98. The second-order valence-electron chi connectivity index (χ2n) is 14.7. The summed E-state index contributed by atoms with van der Waals surface area (Å²) >= 11 is 0. The summed E-state index contributed by atoms with van der Waals surface area (Å²) in [6.45, 7) is 4.89. The van der Waals surface area contributed by atoms with Gasteiger partial charge in [0.25, 0.3) is 0 Å². The van der Waals surface area contributed by atoms with Gasteiger partial charge in [-0.05, 0) is 86.8 Å². The first-order chi connectivity index (χ1) is 20.6. The van der Waals surface area contributed by atoms with Crippen LogP contribution in [0.4, 0.5) is 8.78 Å². The Morgan fingerprint density at radius 1 is 1.05 bits per heavy atom. The first-order valence-corrected chi connectivity index (χ1v) is 17.7. The van der Waals surface area contributed by atoms with Crippen LogP contribution in [0.25, 0.3) is 0 Å². The van der Waals surface area contributed by atoms with Gasteiger partial charge in [0.1, 0.15) is 0 Å². The molecule has 6 aliphatic rings.